The second-order valence-corrected chi connectivity index (χ2v) is 5.31. The molecule has 1 fully saturated rings. The zero-order chi connectivity index (χ0) is 11.8. The molecule has 0 heterocycles. The highest BCUT2D eigenvalue weighted by atomic mass is 32.2. The Bertz CT molecular complexity index is 384. The Morgan fingerprint density at radius 2 is 2.06 bits per heavy atom. The highest BCUT2D eigenvalue weighted by molar-refractivity contribution is 7.98. The van der Waals surface area contributed by atoms with E-state index in [0.717, 1.165) is 10.5 Å². The van der Waals surface area contributed by atoms with Gasteiger partial charge in [-0.3, -0.25) is 0 Å². The van der Waals surface area contributed by atoms with Crippen molar-refractivity contribution in [1.29, 1.82) is 0 Å². The quantitative estimate of drug-likeness (QED) is 0.826. The normalized spacial score (nSPS) is 21.5. The second kappa shape index (κ2) is 4.00. The molecule has 1 aliphatic rings. The molecule has 1 saturated carbocycles. The smallest absolute Gasteiger partial charge is 0.250 e. The van der Waals surface area contributed by atoms with Crippen LogP contribution in [0, 0.1) is 0 Å². The molecule has 0 spiro atoms. The van der Waals surface area contributed by atoms with Gasteiger partial charge in [0.2, 0.25) is 5.92 Å². The molecule has 0 amide bonds. The van der Waals surface area contributed by atoms with Crippen LogP contribution in [0.15, 0.2) is 29.2 Å². The fraction of sp³-hybridized carbons (Fsp3) is 0.500. The van der Waals surface area contributed by atoms with E-state index in [-0.39, 0.29) is 12.8 Å². The number of hydrogen-bond donors (Lipinski definition) is 1. The molecule has 2 N–H and O–H groups in total. The standard InChI is InChI=1S/C12H15F2NS/c1-16-10-4-2-3-9(5-10)11(8-15)6-12(13,14)7-11/h2-5H,6-8,15H2,1H3. The number of alkyl halides is 2. The molecule has 0 aliphatic heterocycles. The highest BCUT2D eigenvalue weighted by Crippen LogP contribution is 2.53. The van der Waals surface area contributed by atoms with Crippen LogP contribution in [0.1, 0.15) is 18.4 Å². The molecule has 0 radical (unpaired) electrons. The van der Waals surface area contributed by atoms with E-state index >= 15 is 0 Å². The van der Waals surface area contributed by atoms with Gasteiger partial charge >= 0.3 is 0 Å². The minimum absolute atomic E-state index is 0.117. The highest BCUT2D eigenvalue weighted by Gasteiger charge is 2.56. The molecule has 16 heavy (non-hydrogen) atoms. The number of benzene rings is 1. The van der Waals surface area contributed by atoms with Gasteiger partial charge in [0.1, 0.15) is 0 Å². The van der Waals surface area contributed by atoms with E-state index in [0.29, 0.717) is 6.54 Å². The van der Waals surface area contributed by atoms with Crippen molar-refractivity contribution >= 4 is 11.8 Å². The Morgan fingerprint density at radius 1 is 1.38 bits per heavy atom. The summed E-state index contributed by atoms with van der Waals surface area (Å²) in [6, 6.07) is 7.78. The number of nitrogens with two attached hydrogens (primary N) is 1. The van der Waals surface area contributed by atoms with Crippen molar-refractivity contribution in [3.05, 3.63) is 29.8 Å². The maximum Gasteiger partial charge on any atom is 0.250 e. The SMILES string of the molecule is CSc1cccc(C2(CN)CC(F)(F)C2)c1. The Labute approximate surface area is 98.4 Å². The lowest BCUT2D eigenvalue weighted by atomic mass is 9.62. The first-order chi connectivity index (χ1) is 7.51. The Morgan fingerprint density at radius 3 is 2.56 bits per heavy atom. The molecule has 88 valence electrons. The van der Waals surface area contributed by atoms with E-state index < -0.39 is 11.3 Å². The fourth-order valence-corrected chi connectivity index (χ4v) is 2.82. The number of halogens is 2. The summed E-state index contributed by atoms with van der Waals surface area (Å²) in [5.74, 6) is -2.53. The lowest BCUT2D eigenvalue weighted by Gasteiger charge is -2.47. The summed E-state index contributed by atoms with van der Waals surface area (Å²) < 4.78 is 26.1. The summed E-state index contributed by atoms with van der Waals surface area (Å²) in [6.45, 7) is 0.292. The minimum atomic E-state index is -2.53. The third kappa shape index (κ3) is 1.96. The van der Waals surface area contributed by atoms with E-state index in [2.05, 4.69) is 0 Å². The van der Waals surface area contributed by atoms with Crippen molar-refractivity contribution < 1.29 is 8.78 Å². The fourth-order valence-electron chi connectivity index (χ4n) is 2.36. The molecule has 0 bridgehead atoms. The molecule has 0 aromatic heterocycles. The predicted molar refractivity (Wildman–Crippen MR) is 63.1 cm³/mol. The van der Waals surface area contributed by atoms with Gasteiger partial charge in [-0.15, -0.1) is 11.8 Å². The largest absolute Gasteiger partial charge is 0.330 e. The van der Waals surface area contributed by atoms with Crippen LogP contribution in [-0.2, 0) is 5.41 Å². The number of thioether (sulfide) groups is 1. The van der Waals surface area contributed by atoms with Gasteiger partial charge in [-0.2, -0.15) is 0 Å². The molecule has 0 unspecified atom stereocenters. The molecule has 1 aromatic rings. The van der Waals surface area contributed by atoms with Crippen LogP contribution in [-0.4, -0.2) is 18.7 Å². The third-order valence-corrected chi connectivity index (χ3v) is 3.99. The number of rotatable bonds is 3. The van der Waals surface area contributed by atoms with Crippen molar-refractivity contribution in [3.63, 3.8) is 0 Å². The summed E-state index contributed by atoms with van der Waals surface area (Å²) in [6.07, 6.45) is 1.74. The summed E-state index contributed by atoms with van der Waals surface area (Å²) >= 11 is 1.62. The van der Waals surface area contributed by atoms with Gasteiger partial charge in [-0.1, -0.05) is 12.1 Å². The van der Waals surface area contributed by atoms with Gasteiger partial charge in [-0.25, -0.2) is 8.78 Å². The van der Waals surface area contributed by atoms with Crippen molar-refractivity contribution in [2.75, 3.05) is 12.8 Å². The maximum absolute atomic E-state index is 13.0. The molecular weight excluding hydrogens is 228 g/mol. The van der Waals surface area contributed by atoms with Gasteiger partial charge in [0, 0.05) is 29.7 Å². The zero-order valence-electron chi connectivity index (χ0n) is 9.17. The van der Waals surface area contributed by atoms with Gasteiger partial charge in [-0.05, 0) is 24.0 Å². The first-order valence-electron chi connectivity index (χ1n) is 5.24. The lowest BCUT2D eigenvalue weighted by Crippen LogP contribution is -2.53. The average Bonchev–Trinajstić information content (AvgIpc) is 2.25. The molecule has 4 heteroatoms. The molecule has 1 nitrogen and oxygen atoms in total. The van der Waals surface area contributed by atoms with Crippen LogP contribution in [0.4, 0.5) is 8.78 Å². The average molecular weight is 243 g/mol. The van der Waals surface area contributed by atoms with Crippen molar-refractivity contribution in [1.82, 2.24) is 0 Å². The first kappa shape index (κ1) is 11.9. The van der Waals surface area contributed by atoms with E-state index in [1.807, 2.05) is 30.5 Å². The Hall–Kier alpha value is -0.610. The molecule has 0 atom stereocenters. The van der Waals surface area contributed by atoms with Crippen LogP contribution < -0.4 is 5.73 Å². The second-order valence-electron chi connectivity index (χ2n) is 4.43. The van der Waals surface area contributed by atoms with E-state index in [1.54, 1.807) is 11.8 Å². The van der Waals surface area contributed by atoms with Crippen LogP contribution >= 0.6 is 11.8 Å². The van der Waals surface area contributed by atoms with Crippen LogP contribution in [0.3, 0.4) is 0 Å². The Balaban J connectivity index is 2.28. The predicted octanol–water partition coefficient (Wildman–Crippen LogP) is 3.03. The van der Waals surface area contributed by atoms with Gasteiger partial charge < -0.3 is 5.73 Å². The van der Waals surface area contributed by atoms with E-state index in [9.17, 15) is 8.78 Å². The molecular formula is C12H15F2NS. The molecule has 1 aliphatic carbocycles. The summed E-state index contributed by atoms with van der Waals surface area (Å²) in [5.41, 5.74) is 6.12. The summed E-state index contributed by atoms with van der Waals surface area (Å²) in [7, 11) is 0. The van der Waals surface area contributed by atoms with Gasteiger partial charge in [0.05, 0.1) is 0 Å². The monoisotopic (exact) mass is 243 g/mol. The van der Waals surface area contributed by atoms with E-state index in [1.165, 1.54) is 0 Å². The summed E-state index contributed by atoms with van der Waals surface area (Å²) in [5, 5.41) is 0. The van der Waals surface area contributed by atoms with Crippen molar-refractivity contribution in [2.24, 2.45) is 5.73 Å². The van der Waals surface area contributed by atoms with Crippen molar-refractivity contribution in [3.8, 4) is 0 Å². The van der Waals surface area contributed by atoms with Gasteiger partial charge in [0.25, 0.3) is 0 Å². The lowest BCUT2D eigenvalue weighted by molar-refractivity contribution is -0.123. The van der Waals surface area contributed by atoms with E-state index in [4.69, 9.17) is 5.73 Å². The van der Waals surface area contributed by atoms with Crippen LogP contribution in [0.2, 0.25) is 0 Å². The van der Waals surface area contributed by atoms with Gasteiger partial charge in [0.15, 0.2) is 0 Å². The Kier molecular flexibility index (Phi) is 2.97. The van der Waals surface area contributed by atoms with Crippen LogP contribution in [0.5, 0.6) is 0 Å². The van der Waals surface area contributed by atoms with Crippen LogP contribution in [0.25, 0.3) is 0 Å². The maximum atomic E-state index is 13.0. The molecule has 0 saturated heterocycles. The zero-order valence-corrected chi connectivity index (χ0v) is 9.99. The molecule has 2 rings (SSSR count). The summed E-state index contributed by atoms with van der Waals surface area (Å²) in [4.78, 5) is 1.10. The molecule has 1 aromatic carbocycles. The minimum Gasteiger partial charge on any atom is -0.330 e. The third-order valence-electron chi connectivity index (χ3n) is 3.27. The topological polar surface area (TPSA) is 26.0 Å². The number of hydrogen-bond acceptors (Lipinski definition) is 2. The van der Waals surface area contributed by atoms with Crippen molar-refractivity contribution in [2.45, 2.75) is 29.1 Å². The first-order valence-corrected chi connectivity index (χ1v) is 6.46.